The molecule has 1 aliphatic heterocycles. The van der Waals surface area contributed by atoms with Gasteiger partial charge in [0.15, 0.2) is 0 Å². The summed E-state index contributed by atoms with van der Waals surface area (Å²) in [5.74, 6) is 0. The summed E-state index contributed by atoms with van der Waals surface area (Å²) in [5.41, 5.74) is 1.22. The van der Waals surface area contributed by atoms with Gasteiger partial charge in [0.25, 0.3) is 0 Å². The zero-order valence-corrected chi connectivity index (χ0v) is 9.31. The molecule has 1 aromatic heterocycles. The predicted octanol–water partition coefficient (Wildman–Crippen LogP) is 1.64. The van der Waals surface area contributed by atoms with Crippen LogP contribution in [0.3, 0.4) is 0 Å². The van der Waals surface area contributed by atoms with Crippen molar-refractivity contribution in [3.05, 3.63) is 30.1 Å². The Balaban J connectivity index is 1.93. The number of hydrogen-bond donors (Lipinski definition) is 0. The number of hydrogen-bond acceptors (Lipinski definition) is 3. The van der Waals surface area contributed by atoms with Crippen molar-refractivity contribution < 1.29 is 9.13 Å². The molecule has 0 aromatic carbocycles. The Morgan fingerprint density at radius 2 is 2.25 bits per heavy atom. The quantitative estimate of drug-likeness (QED) is 0.780. The van der Waals surface area contributed by atoms with Crippen LogP contribution in [0.1, 0.15) is 12.0 Å². The number of aromatic nitrogens is 1. The topological polar surface area (TPSA) is 25.4 Å². The average Bonchev–Trinajstić information content (AvgIpc) is 2.55. The Morgan fingerprint density at radius 1 is 1.44 bits per heavy atom. The summed E-state index contributed by atoms with van der Waals surface area (Å²) in [6, 6.07) is 3.99. The van der Waals surface area contributed by atoms with Crippen molar-refractivity contribution in [2.75, 3.05) is 26.4 Å². The summed E-state index contributed by atoms with van der Waals surface area (Å²) in [5, 5.41) is 0. The van der Waals surface area contributed by atoms with E-state index in [1.54, 1.807) is 12.4 Å². The molecule has 1 fully saturated rings. The highest BCUT2D eigenvalue weighted by atomic mass is 19.1. The van der Waals surface area contributed by atoms with E-state index in [2.05, 4.69) is 9.88 Å². The molecule has 1 saturated heterocycles. The van der Waals surface area contributed by atoms with Gasteiger partial charge in [-0.1, -0.05) is 0 Å². The number of halogens is 1. The fourth-order valence-electron chi connectivity index (χ4n) is 1.95. The van der Waals surface area contributed by atoms with Crippen molar-refractivity contribution in [3.63, 3.8) is 0 Å². The third kappa shape index (κ3) is 3.25. The van der Waals surface area contributed by atoms with Gasteiger partial charge in [-0.15, -0.1) is 0 Å². The molecule has 1 atom stereocenters. The predicted molar refractivity (Wildman–Crippen MR) is 59.8 cm³/mol. The van der Waals surface area contributed by atoms with Gasteiger partial charge in [-0.3, -0.25) is 9.88 Å². The minimum atomic E-state index is -0.396. The van der Waals surface area contributed by atoms with Crippen LogP contribution in [-0.2, 0) is 11.3 Å². The SMILES string of the molecule is FCC1CN(Cc2ccncc2)CCCO1. The fourth-order valence-corrected chi connectivity index (χ4v) is 1.95. The molecule has 0 amide bonds. The molecule has 4 heteroatoms. The molecule has 0 aliphatic carbocycles. The number of rotatable bonds is 3. The summed E-state index contributed by atoms with van der Waals surface area (Å²) in [7, 11) is 0. The largest absolute Gasteiger partial charge is 0.374 e. The van der Waals surface area contributed by atoms with E-state index in [0.717, 1.165) is 19.5 Å². The van der Waals surface area contributed by atoms with Crippen LogP contribution in [-0.4, -0.2) is 42.4 Å². The molecule has 1 aromatic rings. The first-order chi connectivity index (χ1) is 7.88. The van der Waals surface area contributed by atoms with Crippen molar-refractivity contribution in [3.8, 4) is 0 Å². The standard InChI is InChI=1S/C12H17FN2O/c13-8-12-10-15(6-1-7-16-12)9-11-2-4-14-5-3-11/h2-5,12H,1,6-10H2. The molecule has 0 bridgehead atoms. The molecule has 1 aliphatic rings. The fraction of sp³-hybridized carbons (Fsp3) is 0.583. The molecule has 0 spiro atoms. The smallest absolute Gasteiger partial charge is 0.117 e. The highest BCUT2D eigenvalue weighted by molar-refractivity contribution is 5.09. The Hall–Kier alpha value is -1.00. The minimum absolute atomic E-state index is 0.260. The van der Waals surface area contributed by atoms with E-state index in [9.17, 15) is 4.39 Å². The van der Waals surface area contributed by atoms with Crippen molar-refractivity contribution >= 4 is 0 Å². The van der Waals surface area contributed by atoms with Crippen LogP contribution in [0, 0.1) is 0 Å². The Bertz CT molecular complexity index is 307. The first-order valence-electron chi connectivity index (χ1n) is 5.67. The molecule has 0 N–H and O–H groups in total. The van der Waals surface area contributed by atoms with Gasteiger partial charge in [-0.2, -0.15) is 0 Å². The third-order valence-corrected chi connectivity index (χ3v) is 2.76. The number of nitrogens with zero attached hydrogens (tertiary/aromatic N) is 2. The number of ether oxygens (including phenoxy) is 1. The maximum absolute atomic E-state index is 12.6. The minimum Gasteiger partial charge on any atom is -0.374 e. The second kappa shape index (κ2) is 5.92. The molecular formula is C12H17FN2O. The lowest BCUT2D eigenvalue weighted by atomic mass is 10.2. The van der Waals surface area contributed by atoms with Crippen molar-refractivity contribution in [1.82, 2.24) is 9.88 Å². The van der Waals surface area contributed by atoms with E-state index in [1.807, 2.05) is 12.1 Å². The maximum atomic E-state index is 12.6. The summed E-state index contributed by atoms with van der Waals surface area (Å²) in [6.07, 6.45) is 4.29. The normalized spacial score (nSPS) is 22.9. The first-order valence-corrected chi connectivity index (χ1v) is 5.67. The van der Waals surface area contributed by atoms with Crippen LogP contribution in [0.15, 0.2) is 24.5 Å². The lowest BCUT2D eigenvalue weighted by molar-refractivity contribution is 0.0359. The van der Waals surface area contributed by atoms with E-state index in [1.165, 1.54) is 5.56 Å². The van der Waals surface area contributed by atoms with Crippen molar-refractivity contribution in [2.24, 2.45) is 0 Å². The van der Waals surface area contributed by atoms with Crippen LogP contribution in [0.4, 0.5) is 4.39 Å². The summed E-state index contributed by atoms with van der Waals surface area (Å²) in [4.78, 5) is 6.23. The first kappa shape index (κ1) is 11.5. The second-order valence-corrected chi connectivity index (χ2v) is 4.09. The Labute approximate surface area is 95.2 Å². The van der Waals surface area contributed by atoms with Gasteiger partial charge in [0, 0.05) is 38.6 Å². The summed E-state index contributed by atoms with van der Waals surface area (Å²) in [6.45, 7) is 2.77. The molecule has 0 radical (unpaired) electrons. The highest BCUT2D eigenvalue weighted by Gasteiger charge is 2.18. The van der Waals surface area contributed by atoms with Gasteiger partial charge in [0.1, 0.15) is 6.67 Å². The summed E-state index contributed by atoms with van der Waals surface area (Å²) >= 11 is 0. The maximum Gasteiger partial charge on any atom is 0.117 e. The molecule has 2 rings (SSSR count). The molecule has 88 valence electrons. The van der Waals surface area contributed by atoms with E-state index in [4.69, 9.17) is 4.74 Å². The van der Waals surface area contributed by atoms with Crippen LogP contribution >= 0.6 is 0 Å². The highest BCUT2D eigenvalue weighted by Crippen LogP contribution is 2.10. The van der Waals surface area contributed by atoms with Gasteiger partial charge < -0.3 is 4.74 Å². The Morgan fingerprint density at radius 3 is 3.00 bits per heavy atom. The molecule has 16 heavy (non-hydrogen) atoms. The molecule has 2 heterocycles. The molecule has 0 saturated carbocycles. The third-order valence-electron chi connectivity index (χ3n) is 2.76. The zero-order valence-electron chi connectivity index (χ0n) is 9.31. The molecule has 1 unspecified atom stereocenters. The average molecular weight is 224 g/mol. The van der Waals surface area contributed by atoms with Gasteiger partial charge >= 0.3 is 0 Å². The Kier molecular flexibility index (Phi) is 4.25. The van der Waals surface area contributed by atoms with Crippen LogP contribution < -0.4 is 0 Å². The molecule has 3 nitrogen and oxygen atoms in total. The van der Waals surface area contributed by atoms with Crippen LogP contribution in [0.2, 0.25) is 0 Å². The van der Waals surface area contributed by atoms with Crippen molar-refractivity contribution in [2.45, 2.75) is 19.1 Å². The van der Waals surface area contributed by atoms with E-state index in [0.29, 0.717) is 13.2 Å². The van der Waals surface area contributed by atoms with Gasteiger partial charge in [0.05, 0.1) is 6.10 Å². The zero-order chi connectivity index (χ0) is 11.2. The van der Waals surface area contributed by atoms with Crippen molar-refractivity contribution in [1.29, 1.82) is 0 Å². The van der Waals surface area contributed by atoms with E-state index < -0.39 is 6.67 Å². The summed E-state index contributed by atoms with van der Waals surface area (Å²) < 4.78 is 18.0. The van der Waals surface area contributed by atoms with E-state index >= 15 is 0 Å². The monoisotopic (exact) mass is 224 g/mol. The van der Waals surface area contributed by atoms with Crippen LogP contribution in [0.25, 0.3) is 0 Å². The van der Waals surface area contributed by atoms with Gasteiger partial charge in [0.2, 0.25) is 0 Å². The van der Waals surface area contributed by atoms with Gasteiger partial charge in [-0.05, 0) is 24.1 Å². The lowest BCUT2D eigenvalue weighted by Gasteiger charge is -2.22. The van der Waals surface area contributed by atoms with Gasteiger partial charge in [-0.25, -0.2) is 4.39 Å². The second-order valence-electron chi connectivity index (χ2n) is 4.09. The number of pyridine rings is 1. The number of alkyl halides is 1. The lowest BCUT2D eigenvalue weighted by Crippen LogP contribution is -2.32. The van der Waals surface area contributed by atoms with E-state index in [-0.39, 0.29) is 6.10 Å². The van der Waals surface area contributed by atoms with Crippen LogP contribution in [0.5, 0.6) is 0 Å². The molecular weight excluding hydrogens is 207 g/mol.